The zero-order valence-corrected chi connectivity index (χ0v) is 11.6. The fourth-order valence-electron chi connectivity index (χ4n) is 1.64. The van der Waals surface area contributed by atoms with E-state index in [1.165, 1.54) is 5.56 Å². The molecule has 19 heavy (non-hydrogen) atoms. The van der Waals surface area contributed by atoms with Crippen LogP contribution in [0.15, 0.2) is 24.3 Å². The number of nitrogens with zero attached hydrogens (tertiary/aromatic N) is 1. The van der Waals surface area contributed by atoms with Crippen molar-refractivity contribution >= 4 is 5.91 Å². The van der Waals surface area contributed by atoms with Crippen LogP contribution in [-0.4, -0.2) is 49.8 Å². The Bertz CT molecular complexity index is 394. The normalized spacial score (nSPS) is 10.5. The number of hydrogen-bond donors (Lipinski definition) is 2. The van der Waals surface area contributed by atoms with Crippen LogP contribution in [-0.2, 0) is 11.3 Å². The summed E-state index contributed by atoms with van der Waals surface area (Å²) in [6, 6.07) is 7.98. The Hall–Kier alpha value is -1.59. The van der Waals surface area contributed by atoms with E-state index in [1.807, 2.05) is 32.3 Å². The van der Waals surface area contributed by atoms with Crippen LogP contribution in [0.3, 0.4) is 0 Å². The standard InChI is InChI=1S/C14H22N2O3/c1-16(2)10-12-5-3-6-13(9-12)19-8-4-7-15-14(18)11-17/h3,5-6,9,17H,4,7-8,10-11H2,1-2H3,(H,15,18). The molecule has 0 aliphatic carbocycles. The fourth-order valence-corrected chi connectivity index (χ4v) is 1.64. The van der Waals surface area contributed by atoms with Gasteiger partial charge in [0.25, 0.3) is 0 Å². The van der Waals surface area contributed by atoms with E-state index in [0.717, 1.165) is 12.3 Å². The number of ether oxygens (including phenoxy) is 1. The molecule has 1 aromatic carbocycles. The molecular weight excluding hydrogens is 244 g/mol. The van der Waals surface area contributed by atoms with Crippen molar-refractivity contribution in [2.75, 3.05) is 33.9 Å². The van der Waals surface area contributed by atoms with E-state index in [9.17, 15) is 4.79 Å². The second-order valence-electron chi connectivity index (χ2n) is 4.60. The molecule has 0 unspecified atom stereocenters. The monoisotopic (exact) mass is 266 g/mol. The molecule has 0 aliphatic rings. The van der Waals surface area contributed by atoms with Gasteiger partial charge in [0.1, 0.15) is 12.4 Å². The Morgan fingerprint density at radius 1 is 1.42 bits per heavy atom. The van der Waals surface area contributed by atoms with Crippen LogP contribution in [0.25, 0.3) is 0 Å². The smallest absolute Gasteiger partial charge is 0.245 e. The van der Waals surface area contributed by atoms with Crippen molar-refractivity contribution in [3.63, 3.8) is 0 Å². The lowest BCUT2D eigenvalue weighted by atomic mass is 10.2. The van der Waals surface area contributed by atoms with E-state index in [4.69, 9.17) is 9.84 Å². The number of carbonyl (C=O) groups excluding carboxylic acids is 1. The molecule has 106 valence electrons. The molecule has 0 bridgehead atoms. The van der Waals surface area contributed by atoms with E-state index >= 15 is 0 Å². The molecule has 2 N–H and O–H groups in total. The van der Waals surface area contributed by atoms with E-state index < -0.39 is 6.61 Å². The van der Waals surface area contributed by atoms with E-state index in [-0.39, 0.29) is 5.91 Å². The molecule has 5 heteroatoms. The number of carbonyl (C=O) groups is 1. The van der Waals surface area contributed by atoms with Gasteiger partial charge >= 0.3 is 0 Å². The molecule has 0 heterocycles. The maximum absolute atomic E-state index is 10.8. The van der Waals surface area contributed by atoms with Gasteiger partial charge < -0.3 is 20.1 Å². The number of hydrogen-bond acceptors (Lipinski definition) is 4. The third-order valence-electron chi connectivity index (χ3n) is 2.45. The molecule has 0 radical (unpaired) electrons. The summed E-state index contributed by atoms with van der Waals surface area (Å²) in [6.45, 7) is 1.46. The van der Waals surface area contributed by atoms with E-state index in [0.29, 0.717) is 19.6 Å². The van der Waals surface area contributed by atoms with Gasteiger partial charge in [0.2, 0.25) is 5.91 Å². The lowest BCUT2D eigenvalue weighted by Gasteiger charge is -2.11. The minimum absolute atomic E-state index is 0.354. The SMILES string of the molecule is CN(C)Cc1cccc(OCCCNC(=O)CO)c1. The Morgan fingerprint density at radius 3 is 2.89 bits per heavy atom. The molecule has 0 spiro atoms. The molecule has 0 fully saturated rings. The van der Waals surface area contributed by atoms with Crippen LogP contribution in [0.5, 0.6) is 5.75 Å². The summed E-state index contributed by atoms with van der Waals surface area (Å²) < 4.78 is 5.61. The summed E-state index contributed by atoms with van der Waals surface area (Å²) in [6.07, 6.45) is 0.712. The molecule has 0 aromatic heterocycles. The van der Waals surface area contributed by atoms with Crippen molar-refractivity contribution in [1.29, 1.82) is 0 Å². The number of aliphatic hydroxyl groups excluding tert-OH is 1. The highest BCUT2D eigenvalue weighted by Gasteiger charge is 2.00. The minimum Gasteiger partial charge on any atom is -0.494 e. The van der Waals surface area contributed by atoms with Crippen LogP contribution in [0.4, 0.5) is 0 Å². The van der Waals surface area contributed by atoms with Gasteiger partial charge in [-0.2, -0.15) is 0 Å². The summed E-state index contributed by atoms with van der Waals surface area (Å²) >= 11 is 0. The topological polar surface area (TPSA) is 61.8 Å². The van der Waals surface area contributed by atoms with Crippen molar-refractivity contribution in [3.05, 3.63) is 29.8 Å². The fraction of sp³-hybridized carbons (Fsp3) is 0.500. The van der Waals surface area contributed by atoms with Gasteiger partial charge in [-0.25, -0.2) is 0 Å². The van der Waals surface area contributed by atoms with Crippen LogP contribution in [0, 0.1) is 0 Å². The van der Waals surface area contributed by atoms with Crippen molar-refractivity contribution in [2.24, 2.45) is 0 Å². The summed E-state index contributed by atoms with van der Waals surface area (Å²) in [7, 11) is 4.05. The maximum atomic E-state index is 10.8. The first-order valence-corrected chi connectivity index (χ1v) is 6.36. The van der Waals surface area contributed by atoms with Crippen LogP contribution < -0.4 is 10.1 Å². The average molecular weight is 266 g/mol. The van der Waals surface area contributed by atoms with Crippen molar-refractivity contribution in [2.45, 2.75) is 13.0 Å². The number of benzene rings is 1. The van der Waals surface area contributed by atoms with Gasteiger partial charge in [-0.15, -0.1) is 0 Å². The van der Waals surface area contributed by atoms with Gasteiger partial charge in [-0.1, -0.05) is 12.1 Å². The average Bonchev–Trinajstić information content (AvgIpc) is 2.37. The molecular formula is C14H22N2O3. The molecule has 1 rings (SSSR count). The highest BCUT2D eigenvalue weighted by atomic mass is 16.5. The van der Waals surface area contributed by atoms with Gasteiger partial charge in [0.05, 0.1) is 6.61 Å². The predicted molar refractivity (Wildman–Crippen MR) is 74.0 cm³/mol. The molecule has 1 aromatic rings. The first kappa shape index (κ1) is 15.5. The van der Waals surface area contributed by atoms with Gasteiger partial charge in [-0.05, 0) is 38.2 Å². The zero-order valence-electron chi connectivity index (χ0n) is 11.6. The number of aliphatic hydroxyl groups is 1. The van der Waals surface area contributed by atoms with Gasteiger partial charge in [0, 0.05) is 13.1 Å². The molecule has 0 aliphatic heterocycles. The number of rotatable bonds is 8. The predicted octanol–water partition coefficient (Wildman–Crippen LogP) is 0.626. The minimum atomic E-state index is -0.465. The third kappa shape index (κ3) is 6.79. The summed E-state index contributed by atoms with van der Waals surface area (Å²) in [4.78, 5) is 12.9. The zero-order chi connectivity index (χ0) is 14.1. The van der Waals surface area contributed by atoms with Gasteiger partial charge in [0.15, 0.2) is 0 Å². The lowest BCUT2D eigenvalue weighted by molar-refractivity contribution is -0.123. The number of amides is 1. The van der Waals surface area contributed by atoms with Crippen LogP contribution in [0.2, 0.25) is 0 Å². The van der Waals surface area contributed by atoms with Crippen molar-refractivity contribution in [1.82, 2.24) is 10.2 Å². The summed E-state index contributed by atoms with van der Waals surface area (Å²) in [5.41, 5.74) is 1.20. The Labute approximate surface area is 114 Å². The first-order valence-electron chi connectivity index (χ1n) is 6.36. The summed E-state index contributed by atoms with van der Waals surface area (Å²) in [5, 5.41) is 11.1. The Balaban J connectivity index is 2.27. The van der Waals surface area contributed by atoms with Crippen LogP contribution in [0.1, 0.15) is 12.0 Å². The highest BCUT2D eigenvalue weighted by Crippen LogP contribution is 2.14. The van der Waals surface area contributed by atoms with Crippen LogP contribution >= 0.6 is 0 Å². The largest absolute Gasteiger partial charge is 0.494 e. The Morgan fingerprint density at radius 2 is 2.21 bits per heavy atom. The van der Waals surface area contributed by atoms with Crippen molar-refractivity contribution < 1.29 is 14.6 Å². The van der Waals surface area contributed by atoms with E-state index in [1.54, 1.807) is 0 Å². The molecule has 5 nitrogen and oxygen atoms in total. The molecule has 0 saturated heterocycles. The second-order valence-corrected chi connectivity index (χ2v) is 4.60. The van der Waals surface area contributed by atoms with Gasteiger partial charge in [-0.3, -0.25) is 4.79 Å². The van der Waals surface area contributed by atoms with E-state index in [2.05, 4.69) is 16.3 Å². The third-order valence-corrected chi connectivity index (χ3v) is 2.45. The lowest BCUT2D eigenvalue weighted by Crippen LogP contribution is -2.27. The molecule has 0 atom stereocenters. The molecule has 1 amide bonds. The number of nitrogens with one attached hydrogen (secondary N) is 1. The molecule has 0 saturated carbocycles. The Kier molecular flexibility index (Phi) is 6.92. The maximum Gasteiger partial charge on any atom is 0.245 e. The quantitative estimate of drug-likeness (QED) is 0.677. The van der Waals surface area contributed by atoms with Crippen molar-refractivity contribution in [3.8, 4) is 5.75 Å². The summed E-state index contributed by atoms with van der Waals surface area (Å²) in [5.74, 6) is 0.487. The highest BCUT2D eigenvalue weighted by molar-refractivity contribution is 5.76. The second kappa shape index (κ2) is 8.50. The first-order chi connectivity index (χ1) is 9.11.